The number of nitrogens with zero attached hydrogens (tertiary/aromatic N) is 2. The Bertz CT molecular complexity index is 3110. The molecule has 2 aliphatic rings. The standard InChI is InChI=1S/C54H40N2/c1-4-14-37(15-5-1)40-24-28-45(29-25-40)55-51-22-12-10-20-47(51)49-35-41(26-30-53(49)55)42-27-31-54-50(36-42)48-21-11-13-23-52(48)56(54)46-33-43(38-16-6-2-7-17-38)32-44(34-46)39-18-8-3-9-19-39/h1-2,4-8,10-24,26-28,30-36H,3,9,25,29H2. The van der Waals surface area contributed by atoms with Crippen LogP contribution in [0.4, 0.5) is 0 Å². The van der Waals surface area contributed by atoms with Crippen LogP contribution in [0, 0.1) is 0 Å². The number of hydrogen-bond donors (Lipinski definition) is 0. The van der Waals surface area contributed by atoms with Crippen molar-refractivity contribution in [2.45, 2.75) is 25.7 Å². The van der Waals surface area contributed by atoms with Crippen LogP contribution in [0.25, 0.3) is 88.4 Å². The van der Waals surface area contributed by atoms with Gasteiger partial charge in [-0.15, -0.1) is 0 Å². The van der Waals surface area contributed by atoms with Crippen LogP contribution in [-0.4, -0.2) is 9.13 Å². The van der Waals surface area contributed by atoms with Crippen LogP contribution in [0.3, 0.4) is 0 Å². The molecule has 2 heteroatoms. The molecule has 9 aromatic rings. The van der Waals surface area contributed by atoms with E-state index in [4.69, 9.17) is 0 Å². The van der Waals surface area contributed by atoms with Gasteiger partial charge >= 0.3 is 0 Å². The number of rotatable bonds is 6. The van der Waals surface area contributed by atoms with Crippen molar-refractivity contribution in [2.75, 3.05) is 0 Å². The minimum Gasteiger partial charge on any atom is -0.313 e. The molecule has 0 amide bonds. The molecular formula is C54H40N2. The molecule has 56 heavy (non-hydrogen) atoms. The maximum absolute atomic E-state index is 2.49. The molecule has 2 aromatic heterocycles. The first-order valence-electron chi connectivity index (χ1n) is 19.9. The molecule has 266 valence electrons. The molecule has 0 aliphatic heterocycles. The van der Waals surface area contributed by atoms with Gasteiger partial charge in [0.25, 0.3) is 0 Å². The van der Waals surface area contributed by atoms with E-state index in [0.717, 1.165) is 25.7 Å². The van der Waals surface area contributed by atoms with Crippen LogP contribution < -0.4 is 0 Å². The van der Waals surface area contributed by atoms with Crippen molar-refractivity contribution >= 4 is 60.5 Å². The quantitative estimate of drug-likeness (QED) is 0.162. The van der Waals surface area contributed by atoms with E-state index in [2.05, 4.69) is 203 Å². The SMILES string of the molecule is C1=CC(c2cc(-c3ccccc3)cc(-n3c4ccccc4c4cc(-c5ccc6c(c5)c5ccccc5n6C5=CC=C(c6ccccc6)CC5)ccc43)c2)=CCC1. The highest BCUT2D eigenvalue weighted by Crippen LogP contribution is 2.41. The fraction of sp³-hybridized carbons (Fsp3) is 0.0741. The van der Waals surface area contributed by atoms with Crippen LogP contribution in [0.2, 0.25) is 0 Å². The highest BCUT2D eigenvalue weighted by Gasteiger charge is 2.19. The van der Waals surface area contributed by atoms with E-state index in [1.807, 2.05) is 0 Å². The molecule has 0 N–H and O–H groups in total. The molecule has 2 aliphatic carbocycles. The molecule has 11 rings (SSSR count). The van der Waals surface area contributed by atoms with Crippen LogP contribution in [0.15, 0.2) is 194 Å². The molecule has 0 saturated carbocycles. The average Bonchev–Trinajstić information content (AvgIpc) is 3.79. The topological polar surface area (TPSA) is 9.86 Å². The summed E-state index contributed by atoms with van der Waals surface area (Å²) in [5.41, 5.74) is 17.6. The smallest absolute Gasteiger partial charge is 0.0541 e. The lowest BCUT2D eigenvalue weighted by molar-refractivity contribution is 0.992. The van der Waals surface area contributed by atoms with E-state index in [1.54, 1.807) is 0 Å². The third-order valence-electron chi connectivity index (χ3n) is 11.8. The van der Waals surface area contributed by atoms with Crippen molar-refractivity contribution < 1.29 is 0 Å². The Balaban J connectivity index is 1.05. The second-order valence-corrected chi connectivity index (χ2v) is 15.2. The molecule has 2 nitrogen and oxygen atoms in total. The van der Waals surface area contributed by atoms with E-state index in [9.17, 15) is 0 Å². The lowest BCUT2D eigenvalue weighted by Gasteiger charge is -2.18. The van der Waals surface area contributed by atoms with Gasteiger partial charge in [0.1, 0.15) is 0 Å². The van der Waals surface area contributed by atoms with Gasteiger partial charge in [-0.2, -0.15) is 0 Å². The summed E-state index contributed by atoms with van der Waals surface area (Å²) in [4.78, 5) is 0. The Hall–Kier alpha value is -6.90. The summed E-state index contributed by atoms with van der Waals surface area (Å²) in [5.74, 6) is 0. The minimum atomic E-state index is 1.00. The highest BCUT2D eigenvalue weighted by atomic mass is 15.0. The molecule has 7 aromatic carbocycles. The third kappa shape index (κ3) is 5.48. The zero-order valence-corrected chi connectivity index (χ0v) is 31.2. The fourth-order valence-electron chi connectivity index (χ4n) is 9.13. The van der Waals surface area contributed by atoms with Crippen LogP contribution in [0.1, 0.15) is 36.8 Å². The number of hydrogen-bond acceptors (Lipinski definition) is 0. The molecule has 0 bridgehead atoms. The second kappa shape index (κ2) is 13.4. The Morgan fingerprint density at radius 1 is 0.375 bits per heavy atom. The molecule has 0 atom stereocenters. The average molecular weight is 717 g/mol. The Kier molecular flexibility index (Phi) is 7.81. The van der Waals surface area contributed by atoms with Crippen molar-refractivity contribution in [3.8, 4) is 27.9 Å². The van der Waals surface area contributed by atoms with Crippen LogP contribution in [0.5, 0.6) is 0 Å². The van der Waals surface area contributed by atoms with Gasteiger partial charge in [-0.3, -0.25) is 0 Å². The fourth-order valence-corrected chi connectivity index (χ4v) is 9.13. The summed E-state index contributed by atoms with van der Waals surface area (Å²) < 4.78 is 4.95. The number of allylic oxidation sites excluding steroid dienone is 8. The van der Waals surface area contributed by atoms with E-state index in [0.29, 0.717) is 0 Å². The Morgan fingerprint density at radius 3 is 1.61 bits per heavy atom. The van der Waals surface area contributed by atoms with Crippen molar-refractivity contribution in [2.24, 2.45) is 0 Å². The number of benzene rings is 7. The molecule has 0 saturated heterocycles. The summed E-state index contributed by atoms with van der Waals surface area (Å²) >= 11 is 0. The zero-order chi connectivity index (χ0) is 37.0. The van der Waals surface area contributed by atoms with Gasteiger partial charge < -0.3 is 9.13 Å². The second-order valence-electron chi connectivity index (χ2n) is 15.2. The molecule has 0 spiro atoms. The maximum Gasteiger partial charge on any atom is 0.0541 e. The van der Waals surface area contributed by atoms with Gasteiger partial charge in [0.15, 0.2) is 0 Å². The van der Waals surface area contributed by atoms with Gasteiger partial charge in [0.2, 0.25) is 0 Å². The lowest BCUT2D eigenvalue weighted by atomic mass is 9.95. The lowest BCUT2D eigenvalue weighted by Crippen LogP contribution is -2.01. The predicted octanol–water partition coefficient (Wildman–Crippen LogP) is 14.7. The summed E-state index contributed by atoms with van der Waals surface area (Å²) in [5, 5.41) is 5.10. The monoisotopic (exact) mass is 716 g/mol. The van der Waals surface area contributed by atoms with Gasteiger partial charge in [-0.05, 0) is 131 Å². The molecule has 2 heterocycles. The van der Waals surface area contributed by atoms with Crippen molar-refractivity contribution in [1.29, 1.82) is 0 Å². The molecule has 0 unspecified atom stereocenters. The van der Waals surface area contributed by atoms with Gasteiger partial charge in [-0.25, -0.2) is 0 Å². The normalized spacial score (nSPS) is 14.4. The van der Waals surface area contributed by atoms with Crippen molar-refractivity contribution in [3.63, 3.8) is 0 Å². The first-order chi connectivity index (χ1) is 27.8. The molecule has 0 fully saturated rings. The van der Waals surface area contributed by atoms with Gasteiger partial charge in [0, 0.05) is 32.9 Å². The summed E-state index contributed by atoms with van der Waals surface area (Å²) in [7, 11) is 0. The minimum absolute atomic E-state index is 1.00. The Morgan fingerprint density at radius 2 is 0.964 bits per heavy atom. The van der Waals surface area contributed by atoms with Crippen molar-refractivity contribution in [1.82, 2.24) is 9.13 Å². The van der Waals surface area contributed by atoms with Crippen LogP contribution >= 0.6 is 0 Å². The molecule has 0 radical (unpaired) electrons. The maximum atomic E-state index is 2.49. The highest BCUT2D eigenvalue weighted by molar-refractivity contribution is 6.13. The molecular weight excluding hydrogens is 677 g/mol. The number of fused-ring (bicyclic) bond motifs is 6. The summed E-state index contributed by atoms with van der Waals surface area (Å²) in [6.45, 7) is 0. The predicted molar refractivity (Wildman–Crippen MR) is 239 cm³/mol. The zero-order valence-electron chi connectivity index (χ0n) is 31.2. The van der Waals surface area contributed by atoms with E-state index in [1.165, 1.54) is 99.5 Å². The van der Waals surface area contributed by atoms with Gasteiger partial charge in [-0.1, -0.05) is 133 Å². The van der Waals surface area contributed by atoms with Gasteiger partial charge in [0.05, 0.1) is 22.1 Å². The summed E-state index contributed by atoms with van der Waals surface area (Å²) in [6, 6.07) is 60.5. The largest absolute Gasteiger partial charge is 0.313 e. The van der Waals surface area contributed by atoms with E-state index >= 15 is 0 Å². The van der Waals surface area contributed by atoms with E-state index < -0.39 is 0 Å². The first-order valence-corrected chi connectivity index (χ1v) is 19.9. The van der Waals surface area contributed by atoms with Crippen molar-refractivity contribution in [3.05, 3.63) is 205 Å². The summed E-state index contributed by atoms with van der Waals surface area (Å²) in [6.07, 6.45) is 15.8. The third-order valence-corrected chi connectivity index (χ3v) is 11.8. The van der Waals surface area contributed by atoms with E-state index in [-0.39, 0.29) is 0 Å². The van der Waals surface area contributed by atoms with Crippen LogP contribution in [-0.2, 0) is 0 Å². The number of para-hydroxylation sites is 2. The Labute approximate surface area is 327 Å². The number of aromatic nitrogens is 2. The first kappa shape index (κ1) is 32.5.